The Balaban J connectivity index is 4.33. The Kier molecular flexibility index (Phi) is 4.23. The Labute approximate surface area is 66.0 Å². The largest absolute Gasteiger partial charge is 0.469 e. The third-order valence-corrected chi connectivity index (χ3v) is 1.59. The van der Waals surface area contributed by atoms with Crippen LogP contribution in [-0.4, -0.2) is 19.0 Å². The maximum Gasteiger partial charge on any atom is 0.313 e. The van der Waals surface area contributed by atoms with Crippen molar-refractivity contribution in [3.63, 3.8) is 0 Å². The summed E-state index contributed by atoms with van der Waals surface area (Å²) in [6.07, 6.45) is 0.541. The van der Waals surface area contributed by atoms with Crippen LogP contribution in [0, 0.1) is 5.92 Å². The zero-order valence-corrected chi connectivity index (χ0v) is 7.01. The molecule has 0 rings (SSSR count). The molecule has 0 aliphatic carbocycles. The van der Waals surface area contributed by atoms with E-state index in [-0.39, 0.29) is 5.97 Å². The fourth-order valence-electron chi connectivity index (χ4n) is 0.786. The molecule has 1 atom stereocenters. The zero-order chi connectivity index (χ0) is 8.85. The lowest BCUT2D eigenvalue weighted by molar-refractivity contribution is -0.143. The van der Waals surface area contributed by atoms with Crippen molar-refractivity contribution in [1.29, 1.82) is 0 Å². The van der Waals surface area contributed by atoms with E-state index in [1.165, 1.54) is 7.11 Å². The molecule has 1 unspecified atom stereocenters. The molecule has 0 aromatic heterocycles. The fourth-order valence-corrected chi connectivity index (χ4v) is 0.786. The first-order valence-electron chi connectivity index (χ1n) is 3.49. The Bertz CT molecular complexity index is 190. The Hall–Kier alpha value is -1.08. The minimum atomic E-state index is -0.456. The lowest BCUT2D eigenvalue weighted by atomic mass is 10.0. The first-order chi connectivity index (χ1) is 5.17. The van der Waals surface area contributed by atoms with Crippen LogP contribution >= 0.6 is 0 Å². The number of rotatable bonds is 3. The van der Waals surface area contributed by atoms with Gasteiger partial charge in [0.2, 0.25) is 0 Å². The standard InChI is InChI=1S/C8H12O3/c1-4-7(5-9)6(2)8(10)11-3/h6H,4H2,1-3H3. The van der Waals surface area contributed by atoms with E-state index in [0.29, 0.717) is 12.0 Å². The van der Waals surface area contributed by atoms with E-state index in [2.05, 4.69) is 4.74 Å². The maximum absolute atomic E-state index is 10.8. The van der Waals surface area contributed by atoms with Crippen molar-refractivity contribution in [3.8, 4) is 0 Å². The van der Waals surface area contributed by atoms with Gasteiger partial charge < -0.3 is 4.74 Å². The van der Waals surface area contributed by atoms with E-state index >= 15 is 0 Å². The zero-order valence-electron chi connectivity index (χ0n) is 7.01. The predicted molar refractivity (Wildman–Crippen MR) is 40.7 cm³/mol. The minimum Gasteiger partial charge on any atom is -0.469 e. The topological polar surface area (TPSA) is 43.4 Å². The normalized spacial score (nSPS) is 11.5. The molecule has 0 heterocycles. The van der Waals surface area contributed by atoms with E-state index in [1.54, 1.807) is 19.8 Å². The van der Waals surface area contributed by atoms with Gasteiger partial charge in [0.25, 0.3) is 0 Å². The number of carbonyl (C=O) groups excluding carboxylic acids is 2. The lowest BCUT2D eigenvalue weighted by Crippen LogP contribution is -2.15. The van der Waals surface area contributed by atoms with Gasteiger partial charge >= 0.3 is 5.97 Å². The Morgan fingerprint density at radius 2 is 2.18 bits per heavy atom. The minimum absolute atomic E-state index is 0.384. The van der Waals surface area contributed by atoms with Crippen LogP contribution in [0.3, 0.4) is 0 Å². The summed E-state index contributed by atoms with van der Waals surface area (Å²) in [7, 11) is 1.30. The van der Waals surface area contributed by atoms with Crippen molar-refractivity contribution in [2.75, 3.05) is 7.11 Å². The molecule has 0 fully saturated rings. The van der Waals surface area contributed by atoms with Crippen molar-refractivity contribution in [1.82, 2.24) is 0 Å². The van der Waals surface area contributed by atoms with Gasteiger partial charge in [-0.05, 0) is 13.3 Å². The number of esters is 1. The second kappa shape index (κ2) is 4.69. The van der Waals surface area contributed by atoms with Gasteiger partial charge in [-0.3, -0.25) is 4.79 Å². The molecular formula is C8H12O3. The molecular weight excluding hydrogens is 144 g/mol. The van der Waals surface area contributed by atoms with E-state index in [4.69, 9.17) is 0 Å². The van der Waals surface area contributed by atoms with Gasteiger partial charge in [-0.1, -0.05) is 6.92 Å². The van der Waals surface area contributed by atoms with E-state index < -0.39 is 5.92 Å². The maximum atomic E-state index is 10.8. The number of ether oxygens (including phenoxy) is 1. The number of hydrogen-bond acceptors (Lipinski definition) is 3. The highest BCUT2D eigenvalue weighted by molar-refractivity contribution is 5.78. The average molecular weight is 156 g/mol. The first kappa shape index (κ1) is 9.92. The van der Waals surface area contributed by atoms with Crippen LogP contribution < -0.4 is 0 Å². The number of methoxy groups -OCH3 is 1. The van der Waals surface area contributed by atoms with E-state index in [9.17, 15) is 9.59 Å². The van der Waals surface area contributed by atoms with Crippen LogP contribution in [0.4, 0.5) is 0 Å². The lowest BCUT2D eigenvalue weighted by Gasteiger charge is -2.07. The van der Waals surface area contributed by atoms with Crippen LogP contribution in [0.25, 0.3) is 0 Å². The number of hydrogen-bond donors (Lipinski definition) is 0. The summed E-state index contributed by atoms with van der Waals surface area (Å²) in [5.74, 6) is 0.892. The van der Waals surface area contributed by atoms with Crippen LogP contribution in [0.15, 0.2) is 5.57 Å². The molecule has 0 aliphatic rings. The molecule has 3 nitrogen and oxygen atoms in total. The summed E-state index contributed by atoms with van der Waals surface area (Å²) in [5.41, 5.74) is 0.455. The molecule has 0 spiro atoms. The molecule has 62 valence electrons. The molecule has 3 heteroatoms. The second-order valence-electron chi connectivity index (χ2n) is 2.23. The summed E-state index contributed by atoms with van der Waals surface area (Å²) in [5, 5.41) is 0. The Morgan fingerprint density at radius 1 is 1.64 bits per heavy atom. The second-order valence-corrected chi connectivity index (χ2v) is 2.23. The van der Waals surface area contributed by atoms with Gasteiger partial charge in [0, 0.05) is 5.57 Å². The monoisotopic (exact) mass is 156 g/mol. The van der Waals surface area contributed by atoms with Gasteiger partial charge in [-0.25, -0.2) is 4.79 Å². The van der Waals surface area contributed by atoms with Crippen molar-refractivity contribution in [2.24, 2.45) is 5.92 Å². The molecule has 0 saturated carbocycles. The van der Waals surface area contributed by atoms with Crippen LogP contribution in [0.5, 0.6) is 0 Å². The molecule has 0 aromatic carbocycles. The molecule has 0 amide bonds. The molecule has 0 saturated heterocycles. The molecule has 11 heavy (non-hydrogen) atoms. The molecule has 0 radical (unpaired) electrons. The first-order valence-corrected chi connectivity index (χ1v) is 3.49. The highest BCUT2D eigenvalue weighted by atomic mass is 16.5. The number of carbonyl (C=O) groups is 1. The summed E-state index contributed by atoms with van der Waals surface area (Å²) in [6, 6.07) is 0. The summed E-state index contributed by atoms with van der Waals surface area (Å²) in [4.78, 5) is 21.1. The van der Waals surface area contributed by atoms with Crippen LogP contribution in [0.2, 0.25) is 0 Å². The molecule has 0 N–H and O–H groups in total. The van der Waals surface area contributed by atoms with Gasteiger partial charge in [0.15, 0.2) is 0 Å². The average Bonchev–Trinajstić information content (AvgIpc) is 2.05. The highest BCUT2D eigenvalue weighted by Gasteiger charge is 2.17. The predicted octanol–water partition coefficient (Wildman–Crippen LogP) is 0.964. The van der Waals surface area contributed by atoms with Crippen molar-refractivity contribution >= 4 is 11.9 Å². The Morgan fingerprint density at radius 3 is 2.45 bits per heavy atom. The van der Waals surface area contributed by atoms with Gasteiger partial charge in [-0.2, -0.15) is 0 Å². The molecule has 0 aliphatic heterocycles. The highest BCUT2D eigenvalue weighted by Crippen LogP contribution is 2.11. The van der Waals surface area contributed by atoms with Crippen LogP contribution in [0.1, 0.15) is 20.3 Å². The van der Waals surface area contributed by atoms with E-state index in [1.807, 2.05) is 0 Å². The van der Waals surface area contributed by atoms with Gasteiger partial charge in [0.05, 0.1) is 13.0 Å². The quantitative estimate of drug-likeness (QED) is 0.451. The summed E-state index contributed by atoms with van der Waals surface area (Å²) in [6.45, 7) is 3.44. The van der Waals surface area contributed by atoms with Crippen molar-refractivity contribution in [2.45, 2.75) is 20.3 Å². The third-order valence-electron chi connectivity index (χ3n) is 1.59. The van der Waals surface area contributed by atoms with Crippen molar-refractivity contribution < 1.29 is 14.3 Å². The van der Waals surface area contributed by atoms with Gasteiger partial charge in [0.1, 0.15) is 5.94 Å². The van der Waals surface area contributed by atoms with Crippen LogP contribution in [-0.2, 0) is 14.3 Å². The summed E-state index contributed by atoms with van der Waals surface area (Å²) >= 11 is 0. The summed E-state index contributed by atoms with van der Waals surface area (Å²) < 4.78 is 4.46. The smallest absolute Gasteiger partial charge is 0.313 e. The molecule has 0 aromatic rings. The van der Waals surface area contributed by atoms with Gasteiger partial charge in [-0.15, -0.1) is 0 Å². The SMILES string of the molecule is CCC(=C=O)C(C)C(=O)OC. The molecule has 0 bridgehead atoms. The third kappa shape index (κ3) is 2.56. The van der Waals surface area contributed by atoms with Crippen molar-refractivity contribution in [3.05, 3.63) is 5.57 Å². The van der Waals surface area contributed by atoms with E-state index in [0.717, 1.165) is 0 Å². The fraction of sp³-hybridized carbons (Fsp3) is 0.625.